The van der Waals surface area contributed by atoms with E-state index in [-0.39, 0.29) is 17.9 Å². The van der Waals surface area contributed by atoms with E-state index in [2.05, 4.69) is 0 Å². The van der Waals surface area contributed by atoms with Gasteiger partial charge in [0.05, 0.1) is 5.57 Å². The van der Waals surface area contributed by atoms with Gasteiger partial charge in [0.25, 0.3) is 9.84 Å². The van der Waals surface area contributed by atoms with E-state index >= 15 is 0 Å². The van der Waals surface area contributed by atoms with E-state index in [0.717, 1.165) is 17.4 Å². The first kappa shape index (κ1) is 16.0. The van der Waals surface area contributed by atoms with Gasteiger partial charge in [-0.25, -0.2) is 8.42 Å². The van der Waals surface area contributed by atoms with Crippen molar-refractivity contribution < 1.29 is 27.5 Å². The third kappa shape index (κ3) is 1.96. The zero-order valence-electron chi connectivity index (χ0n) is 13.3. The second-order valence-corrected chi connectivity index (χ2v) is 8.42. The fourth-order valence-electron chi connectivity index (χ4n) is 3.90. The lowest BCUT2D eigenvalue weighted by Crippen LogP contribution is -2.46. The Bertz CT molecular complexity index is 1110. The maximum absolute atomic E-state index is 12.6. The van der Waals surface area contributed by atoms with E-state index in [4.69, 9.17) is 4.74 Å². The Hall–Kier alpha value is -2.54. The molecule has 0 aromatic heterocycles. The Kier molecular flexibility index (Phi) is 3.18. The highest BCUT2D eigenvalue weighted by molar-refractivity contribution is 8.10. The monoisotopic (exact) mass is 358 g/mol. The molecule has 25 heavy (non-hydrogen) atoms. The standard InChI is InChI=1S/C18H14O6S/c1-10(19)24-18-7-6-13-8-11-4-2-3-5-12(11)9-14(13)15(18)16(20)17(21)25(18,22)23/h2-5,8-9,13H,6-7H2,1H3. The molecule has 2 atom stereocenters. The normalized spacial score (nSPS) is 29.1. The van der Waals surface area contributed by atoms with Gasteiger partial charge in [-0.05, 0) is 28.5 Å². The average molecular weight is 358 g/mol. The number of fused-ring (bicyclic) bond motifs is 3. The summed E-state index contributed by atoms with van der Waals surface area (Å²) >= 11 is 0. The first-order chi connectivity index (χ1) is 11.8. The van der Waals surface area contributed by atoms with Gasteiger partial charge in [0.1, 0.15) is 0 Å². The molecular weight excluding hydrogens is 344 g/mol. The van der Waals surface area contributed by atoms with Crippen LogP contribution >= 0.6 is 0 Å². The molecule has 1 heterocycles. The number of hydrogen-bond acceptors (Lipinski definition) is 6. The van der Waals surface area contributed by atoms with E-state index in [1.165, 1.54) is 0 Å². The number of rotatable bonds is 1. The number of ketones is 1. The Morgan fingerprint density at radius 3 is 2.56 bits per heavy atom. The number of carbonyl (C=O) groups is 3. The lowest BCUT2D eigenvalue weighted by Gasteiger charge is -2.35. The van der Waals surface area contributed by atoms with Crippen LogP contribution in [0.5, 0.6) is 0 Å². The van der Waals surface area contributed by atoms with Crippen LogP contribution in [0.25, 0.3) is 12.2 Å². The Morgan fingerprint density at radius 1 is 1.20 bits per heavy atom. The van der Waals surface area contributed by atoms with Crippen LogP contribution in [0.2, 0.25) is 0 Å². The highest BCUT2D eigenvalue weighted by Crippen LogP contribution is 2.49. The Labute approximate surface area is 143 Å². The summed E-state index contributed by atoms with van der Waals surface area (Å²) < 4.78 is 30.4. The van der Waals surface area contributed by atoms with Gasteiger partial charge < -0.3 is 4.74 Å². The lowest BCUT2D eigenvalue weighted by molar-refractivity contribution is -0.148. The number of carbonyl (C=O) groups excluding carboxylic acids is 3. The summed E-state index contributed by atoms with van der Waals surface area (Å²) in [5.41, 5.74) is 0.250. The summed E-state index contributed by atoms with van der Waals surface area (Å²) in [7, 11) is -4.58. The van der Waals surface area contributed by atoms with Gasteiger partial charge in [-0.3, -0.25) is 14.4 Å². The van der Waals surface area contributed by atoms with Gasteiger partial charge in [0.2, 0.25) is 10.7 Å². The first-order valence-corrected chi connectivity index (χ1v) is 9.32. The molecule has 1 fully saturated rings. The van der Waals surface area contributed by atoms with Crippen LogP contribution in [0.1, 0.15) is 19.8 Å². The highest BCUT2D eigenvalue weighted by atomic mass is 32.2. The van der Waals surface area contributed by atoms with Crippen molar-refractivity contribution in [3.05, 3.63) is 45.8 Å². The van der Waals surface area contributed by atoms with Crippen molar-refractivity contribution in [3.8, 4) is 0 Å². The molecule has 0 amide bonds. The van der Waals surface area contributed by atoms with Crippen LogP contribution < -0.4 is 10.4 Å². The third-order valence-electron chi connectivity index (χ3n) is 4.94. The molecule has 0 N–H and O–H groups in total. The number of ether oxygens (including phenoxy) is 1. The van der Waals surface area contributed by atoms with Crippen molar-refractivity contribution in [1.82, 2.24) is 0 Å². The van der Waals surface area contributed by atoms with Crippen molar-refractivity contribution in [1.29, 1.82) is 0 Å². The fourth-order valence-corrected chi connectivity index (χ4v) is 5.64. The topological polar surface area (TPSA) is 94.6 Å². The molecule has 1 aliphatic heterocycles. The average Bonchev–Trinajstić information content (AvgIpc) is 2.71. The molecule has 6 nitrogen and oxygen atoms in total. The summed E-state index contributed by atoms with van der Waals surface area (Å²) in [5.74, 6) is -2.13. The second-order valence-electron chi connectivity index (χ2n) is 6.38. The van der Waals surface area contributed by atoms with Crippen molar-refractivity contribution in [2.75, 3.05) is 0 Å². The molecule has 128 valence electrons. The number of allylic oxidation sites excluding steroid dienone is 1. The minimum Gasteiger partial charge on any atom is -0.437 e. The van der Waals surface area contributed by atoms with E-state index in [1.54, 1.807) is 6.08 Å². The minimum absolute atomic E-state index is 0.109. The molecule has 0 bridgehead atoms. The van der Waals surface area contributed by atoms with E-state index < -0.39 is 31.6 Å². The predicted octanol–water partition coefficient (Wildman–Crippen LogP) is -0.249. The maximum atomic E-state index is 12.6. The molecule has 0 spiro atoms. The molecule has 0 saturated carbocycles. The van der Waals surface area contributed by atoms with Gasteiger partial charge in [-0.1, -0.05) is 30.3 Å². The van der Waals surface area contributed by atoms with Crippen molar-refractivity contribution >= 4 is 38.9 Å². The van der Waals surface area contributed by atoms with E-state index in [1.807, 2.05) is 30.3 Å². The van der Waals surface area contributed by atoms with Gasteiger partial charge in [-0.15, -0.1) is 0 Å². The number of benzene rings is 1. The highest BCUT2D eigenvalue weighted by Gasteiger charge is 2.67. The summed E-state index contributed by atoms with van der Waals surface area (Å²) in [6.07, 6.45) is 3.93. The van der Waals surface area contributed by atoms with Gasteiger partial charge in [-0.2, -0.15) is 0 Å². The molecule has 1 saturated heterocycles. The zero-order chi connectivity index (χ0) is 18.0. The molecule has 2 aliphatic carbocycles. The fraction of sp³-hybridized carbons (Fsp3) is 0.278. The quantitative estimate of drug-likeness (QED) is 0.508. The van der Waals surface area contributed by atoms with Crippen LogP contribution in [0.15, 0.2) is 35.4 Å². The molecule has 4 rings (SSSR count). The maximum Gasteiger partial charge on any atom is 0.321 e. The van der Waals surface area contributed by atoms with E-state index in [9.17, 15) is 22.8 Å². The summed E-state index contributed by atoms with van der Waals surface area (Å²) in [6, 6.07) is 7.49. The van der Waals surface area contributed by atoms with Crippen LogP contribution in [0, 0.1) is 5.92 Å². The SMILES string of the molecule is CC(=O)OC12CCC3C=c4ccccc4=CC3=C1C(=O)C(=O)S2(=O)=O. The molecule has 0 radical (unpaired) electrons. The van der Waals surface area contributed by atoms with Crippen LogP contribution in [-0.4, -0.2) is 30.2 Å². The summed E-state index contributed by atoms with van der Waals surface area (Å²) in [5, 5.41) is 0.310. The number of sulfone groups is 1. The number of Topliss-reactive ketones (excluding diaryl/α,β-unsaturated/α-hetero) is 1. The van der Waals surface area contributed by atoms with Crippen molar-refractivity contribution in [3.63, 3.8) is 0 Å². The molecule has 7 heteroatoms. The molecule has 1 aromatic carbocycles. The van der Waals surface area contributed by atoms with Crippen LogP contribution in [0.4, 0.5) is 0 Å². The molecule has 3 aliphatic rings. The predicted molar refractivity (Wildman–Crippen MR) is 87.8 cm³/mol. The van der Waals surface area contributed by atoms with Crippen LogP contribution in [0.3, 0.4) is 0 Å². The van der Waals surface area contributed by atoms with Gasteiger partial charge >= 0.3 is 11.1 Å². The largest absolute Gasteiger partial charge is 0.437 e. The lowest BCUT2D eigenvalue weighted by atomic mass is 9.77. The van der Waals surface area contributed by atoms with Gasteiger partial charge in [0, 0.05) is 19.3 Å². The summed E-state index contributed by atoms with van der Waals surface area (Å²) in [6.45, 7) is 1.07. The third-order valence-corrected chi connectivity index (χ3v) is 6.97. The Balaban J connectivity index is 2.09. The summed E-state index contributed by atoms with van der Waals surface area (Å²) in [4.78, 5) is 34.0. The van der Waals surface area contributed by atoms with Crippen molar-refractivity contribution in [2.24, 2.45) is 5.92 Å². The minimum atomic E-state index is -4.58. The van der Waals surface area contributed by atoms with Crippen LogP contribution in [-0.2, 0) is 29.0 Å². The smallest absolute Gasteiger partial charge is 0.321 e. The zero-order valence-corrected chi connectivity index (χ0v) is 14.1. The number of esters is 1. The Morgan fingerprint density at radius 2 is 1.88 bits per heavy atom. The molecular formula is C18H14O6S. The number of hydrogen-bond donors (Lipinski definition) is 0. The molecule has 1 aromatic rings. The second kappa shape index (κ2) is 4.98. The molecule has 2 unspecified atom stereocenters. The van der Waals surface area contributed by atoms with Gasteiger partial charge in [0.15, 0.2) is 0 Å². The first-order valence-electron chi connectivity index (χ1n) is 7.84. The van der Waals surface area contributed by atoms with E-state index in [0.29, 0.717) is 12.0 Å². The van der Waals surface area contributed by atoms with Crippen molar-refractivity contribution in [2.45, 2.75) is 24.7 Å².